The van der Waals surface area contributed by atoms with Gasteiger partial charge < -0.3 is 35.5 Å². The Morgan fingerprint density at radius 3 is 1.52 bits per heavy atom. The van der Waals surface area contributed by atoms with Crippen LogP contribution in [0.1, 0.15) is 66.0 Å². The van der Waals surface area contributed by atoms with Crippen molar-refractivity contribution in [1.82, 2.24) is 19.8 Å². The van der Waals surface area contributed by atoms with Crippen molar-refractivity contribution in [2.75, 3.05) is 40.4 Å². The van der Waals surface area contributed by atoms with Crippen LogP contribution in [0, 0.1) is 13.8 Å². The van der Waals surface area contributed by atoms with Crippen LogP contribution >= 0.6 is 31.9 Å². The molecule has 0 bridgehead atoms. The van der Waals surface area contributed by atoms with Crippen molar-refractivity contribution in [1.29, 1.82) is 0 Å². The van der Waals surface area contributed by atoms with Crippen molar-refractivity contribution in [3.8, 4) is 34.6 Å². The maximum atomic E-state index is 11.5. The standard InChI is InChI=1S/C42H52Br2N6O8/c1-6-49(17-9-15-36(45)51)21-30-19-34(43)41(47-39(30)55-4)57-24-28-11-7-13-32(26(28)2)33-14-8-12-29(27(33)3)25-58-42-35(44)20-31(40(48-42)56-5)22-50(23-38(53)54)18-10-16-37(46)52/h7-8,11-14,19-20H,6,9-10,15-18,21-25H2,1-5H3,(H2,45,51)(H2,46,52)(H,53,54). The topological polar surface area (TPSA) is 193 Å². The number of methoxy groups -OCH3 is 2. The molecule has 0 aliphatic heterocycles. The number of carboxylic acid groups (broad SMARTS) is 1. The molecule has 16 heteroatoms. The van der Waals surface area contributed by atoms with Crippen LogP contribution < -0.4 is 30.4 Å². The van der Waals surface area contributed by atoms with E-state index in [0.717, 1.165) is 52.0 Å². The molecular weight excluding hydrogens is 876 g/mol. The lowest BCUT2D eigenvalue weighted by atomic mass is 9.92. The van der Waals surface area contributed by atoms with E-state index in [-0.39, 0.29) is 38.6 Å². The summed E-state index contributed by atoms with van der Waals surface area (Å²) in [7, 11) is 3.08. The van der Waals surface area contributed by atoms with Gasteiger partial charge in [0.1, 0.15) is 13.2 Å². The average Bonchev–Trinajstić information content (AvgIpc) is 3.17. The number of primary amides is 2. The van der Waals surface area contributed by atoms with Gasteiger partial charge in [0.05, 0.1) is 29.7 Å². The molecule has 2 aromatic heterocycles. The molecule has 4 aromatic rings. The minimum absolute atomic E-state index is 0.159. The van der Waals surface area contributed by atoms with E-state index in [0.29, 0.717) is 70.4 Å². The molecule has 2 aromatic carbocycles. The third-order valence-corrected chi connectivity index (χ3v) is 10.8. The Morgan fingerprint density at radius 2 is 1.12 bits per heavy atom. The number of carboxylic acids is 1. The highest BCUT2D eigenvalue weighted by molar-refractivity contribution is 9.10. The second-order valence-corrected chi connectivity index (χ2v) is 15.5. The summed E-state index contributed by atoms with van der Waals surface area (Å²) in [4.78, 5) is 47.1. The fraction of sp³-hybridized carbons (Fsp3) is 0.405. The number of ether oxygens (including phenoxy) is 4. The first-order valence-electron chi connectivity index (χ1n) is 18.9. The van der Waals surface area contributed by atoms with E-state index in [1.165, 1.54) is 7.11 Å². The molecule has 5 N–H and O–H groups in total. The lowest BCUT2D eigenvalue weighted by Gasteiger charge is -2.22. The zero-order chi connectivity index (χ0) is 42.4. The second kappa shape index (κ2) is 22.4. The quantitative estimate of drug-likeness (QED) is 0.0675. The van der Waals surface area contributed by atoms with Gasteiger partial charge in [-0.1, -0.05) is 43.3 Å². The average molecular weight is 929 g/mol. The van der Waals surface area contributed by atoms with Gasteiger partial charge in [-0.05, 0) is 124 Å². The minimum Gasteiger partial charge on any atom is -0.481 e. The SMILES string of the molecule is CCN(CCCC(N)=O)Cc1cc(Br)c(OCc2cccc(-c3cccc(COc4nc(OC)c(CN(CCCC(N)=O)CC(=O)O)cc4Br)c3C)c2C)nc1OC. The molecule has 0 saturated carbocycles. The van der Waals surface area contributed by atoms with Gasteiger partial charge in [0.15, 0.2) is 0 Å². The number of nitrogens with two attached hydrogens (primary N) is 2. The Morgan fingerprint density at radius 1 is 0.690 bits per heavy atom. The molecule has 2 amide bonds. The highest BCUT2D eigenvalue weighted by Crippen LogP contribution is 2.35. The maximum Gasteiger partial charge on any atom is 0.317 e. The van der Waals surface area contributed by atoms with E-state index in [1.54, 1.807) is 18.1 Å². The van der Waals surface area contributed by atoms with E-state index < -0.39 is 11.9 Å². The number of aliphatic carboxylic acids is 1. The third kappa shape index (κ3) is 13.1. The van der Waals surface area contributed by atoms with Crippen molar-refractivity contribution in [3.63, 3.8) is 0 Å². The summed E-state index contributed by atoms with van der Waals surface area (Å²) < 4.78 is 25.0. The zero-order valence-electron chi connectivity index (χ0n) is 33.6. The summed E-state index contributed by atoms with van der Waals surface area (Å²) in [5.74, 6) is -0.215. The fourth-order valence-corrected chi connectivity index (χ4v) is 7.47. The number of benzene rings is 2. The minimum atomic E-state index is -0.988. The smallest absolute Gasteiger partial charge is 0.317 e. The molecule has 0 atom stereocenters. The Kier molecular flexibility index (Phi) is 17.7. The molecule has 0 fully saturated rings. The second-order valence-electron chi connectivity index (χ2n) is 13.8. The van der Waals surface area contributed by atoms with Crippen LogP contribution in [-0.2, 0) is 40.7 Å². The Hall–Kier alpha value is -4.77. The van der Waals surface area contributed by atoms with Crippen LogP contribution in [0.25, 0.3) is 11.1 Å². The normalized spacial score (nSPS) is 11.2. The summed E-state index contributed by atoms with van der Waals surface area (Å²) >= 11 is 7.22. The lowest BCUT2D eigenvalue weighted by Crippen LogP contribution is -2.31. The summed E-state index contributed by atoms with van der Waals surface area (Å²) in [5, 5.41) is 9.44. The van der Waals surface area contributed by atoms with E-state index in [4.69, 9.17) is 30.4 Å². The van der Waals surface area contributed by atoms with Gasteiger partial charge in [0.25, 0.3) is 0 Å². The molecule has 0 radical (unpaired) electrons. The number of halogens is 2. The number of nitrogens with zero attached hydrogens (tertiary/aromatic N) is 4. The van der Waals surface area contributed by atoms with Gasteiger partial charge in [-0.3, -0.25) is 24.2 Å². The molecular formula is C42H52Br2N6O8. The van der Waals surface area contributed by atoms with Crippen molar-refractivity contribution in [3.05, 3.63) is 90.9 Å². The number of rotatable bonds is 24. The van der Waals surface area contributed by atoms with Crippen molar-refractivity contribution >= 4 is 49.6 Å². The molecule has 4 rings (SSSR count). The first kappa shape index (κ1) is 45.9. The zero-order valence-corrected chi connectivity index (χ0v) is 36.8. The number of hydrogen-bond acceptors (Lipinski definition) is 11. The van der Waals surface area contributed by atoms with Crippen molar-refractivity contribution in [2.45, 2.75) is 72.8 Å². The molecule has 2 heterocycles. The van der Waals surface area contributed by atoms with Crippen LogP contribution in [0.3, 0.4) is 0 Å². The molecule has 0 saturated heterocycles. The molecule has 14 nitrogen and oxygen atoms in total. The molecule has 312 valence electrons. The number of amides is 2. The van der Waals surface area contributed by atoms with Gasteiger partial charge in [-0.15, -0.1) is 0 Å². The van der Waals surface area contributed by atoms with E-state index in [9.17, 15) is 19.5 Å². The third-order valence-electron chi connectivity index (χ3n) is 9.65. The molecule has 0 unspecified atom stereocenters. The maximum absolute atomic E-state index is 11.5. The number of hydrogen-bond donors (Lipinski definition) is 3. The highest BCUT2D eigenvalue weighted by atomic mass is 79.9. The van der Waals surface area contributed by atoms with Gasteiger partial charge >= 0.3 is 5.97 Å². The number of carbonyl (C=O) groups is 3. The van der Waals surface area contributed by atoms with Crippen LogP contribution in [-0.4, -0.2) is 83.1 Å². The van der Waals surface area contributed by atoms with Gasteiger partial charge in [-0.2, -0.15) is 9.97 Å². The van der Waals surface area contributed by atoms with Gasteiger partial charge in [0, 0.05) is 37.1 Å². The number of aromatic nitrogens is 2. The van der Waals surface area contributed by atoms with Crippen molar-refractivity contribution in [2.24, 2.45) is 11.5 Å². The largest absolute Gasteiger partial charge is 0.481 e. The monoisotopic (exact) mass is 926 g/mol. The van der Waals surface area contributed by atoms with Crippen LogP contribution in [0.4, 0.5) is 0 Å². The van der Waals surface area contributed by atoms with Crippen LogP contribution in [0.15, 0.2) is 57.5 Å². The first-order chi connectivity index (χ1) is 27.7. The summed E-state index contributed by atoms with van der Waals surface area (Å²) in [6, 6.07) is 16.0. The highest BCUT2D eigenvalue weighted by Gasteiger charge is 2.20. The van der Waals surface area contributed by atoms with Crippen LogP contribution in [0.2, 0.25) is 0 Å². The number of carbonyl (C=O) groups excluding carboxylic acids is 2. The Bertz CT molecular complexity index is 2070. The van der Waals surface area contributed by atoms with Crippen LogP contribution in [0.5, 0.6) is 23.5 Å². The van der Waals surface area contributed by atoms with E-state index >= 15 is 0 Å². The Balaban J connectivity index is 1.48. The van der Waals surface area contributed by atoms with Crippen molar-refractivity contribution < 1.29 is 38.4 Å². The summed E-state index contributed by atoms with van der Waals surface area (Å²) in [5.41, 5.74) is 18.3. The predicted molar refractivity (Wildman–Crippen MR) is 228 cm³/mol. The molecule has 0 aliphatic carbocycles. The summed E-state index contributed by atoms with van der Waals surface area (Å²) in [6.07, 6.45) is 1.61. The first-order valence-corrected chi connectivity index (χ1v) is 20.5. The Labute approximate surface area is 356 Å². The van der Waals surface area contributed by atoms with Gasteiger partial charge in [0.2, 0.25) is 35.3 Å². The van der Waals surface area contributed by atoms with Gasteiger partial charge in [-0.25, -0.2) is 0 Å². The van der Waals surface area contributed by atoms with E-state index in [1.807, 2.05) is 30.3 Å². The molecule has 0 spiro atoms. The fourth-order valence-electron chi connectivity index (χ4n) is 6.52. The predicted octanol–water partition coefficient (Wildman–Crippen LogP) is 6.70. The molecule has 0 aliphatic rings. The van der Waals surface area contributed by atoms with E-state index in [2.05, 4.69) is 79.6 Å². The summed E-state index contributed by atoms with van der Waals surface area (Å²) in [6.45, 7) is 9.20. The molecule has 58 heavy (non-hydrogen) atoms. The lowest BCUT2D eigenvalue weighted by molar-refractivity contribution is -0.138. The number of pyridine rings is 2.